The highest BCUT2D eigenvalue weighted by Crippen LogP contribution is 2.18. The third kappa shape index (κ3) is 3.00. The number of hydrogen-bond donors (Lipinski definition) is 2. The minimum Gasteiger partial charge on any atom is -0.392 e. The van der Waals surface area contributed by atoms with E-state index >= 15 is 0 Å². The van der Waals surface area contributed by atoms with Gasteiger partial charge in [-0.05, 0) is 39.0 Å². The number of aliphatic hydroxyl groups is 1. The van der Waals surface area contributed by atoms with Crippen LogP contribution in [0.3, 0.4) is 0 Å². The number of aliphatic hydroxyl groups excluding tert-OH is 1. The number of benzene rings is 1. The maximum absolute atomic E-state index is 13.0. The van der Waals surface area contributed by atoms with Gasteiger partial charge in [0.05, 0.1) is 6.61 Å². The van der Waals surface area contributed by atoms with Crippen molar-refractivity contribution in [2.75, 3.05) is 5.32 Å². The molecule has 78 valence electrons. The van der Waals surface area contributed by atoms with Crippen LogP contribution in [-0.2, 0) is 6.61 Å². The Balaban J connectivity index is 2.90. The molecule has 0 aliphatic carbocycles. The number of rotatable bonds is 2. The summed E-state index contributed by atoms with van der Waals surface area (Å²) in [6.45, 7) is 5.80. The second-order valence-corrected chi connectivity index (χ2v) is 4.34. The Morgan fingerprint density at radius 2 is 2.00 bits per heavy atom. The first kappa shape index (κ1) is 11.0. The van der Waals surface area contributed by atoms with Gasteiger partial charge in [-0.2, -0.15) is 0 Å². The minimum atomic E-state index is -0.369. The standard InChI is InChI=1S/C11H16FNO/c1-11(2,3)13-9-4-5-10(12)8(6-9)7-14/h4-6,13-14H,7H2,1-3H3. The molecule has 0 atom stereocenters. The van der Waals surface area contributed by atoms with E-state index in [0.717, 1.165) is 5.69 Å². The molecule has 0 saturated heterocycles. The Kier molecular flexibility index (Phi) is 3.11. The molecule has 1 rings (SSSR count). The maximum atomic E-state index is 13.0. The quantitative estimate of drug-likeness (QED) is 0.763. The summed E-state index contributed by atoms with van der Waals surface area (Å²) in [5.41, 5.74) is 1.08. The zero-order chi connectivity index (χ0) is 10.8. The Hall–Kier alpha value is -1.09. The fourth-order valence-corrected chi connectivity index (χ4v) is 1.21. The predicted molar refractivity (Wildman–Crippen MR) is 55.7 cm³/mol. The molecular weight excluding hydrogens is 181 g/mol. The molecule has 0 aliphatic heterocycles. The van der Waals surface area contributed by atoms with Gasteiger partial charge in [-0.1, -0.05) is 0 Å². The van der Waals surface area contributed by atoms with E-state index in [1.165, 1.54) is 6.07 Å². The van der Waals surface area contributed by atoms with Crippen LogP contribution in [0.4, 0.5) is 10.1 Å². The molecule has 0 unspecified atom stereocenters. The van der Waals surface area contributed by atoms with Crippen molar-refractivity contribution in [3.05, 3.63) is 29.6 Å². The van der Waals surface area contributed by atoms with Crippen molar-refractivity contribution < 1.29 is 9.50 Å². The molecule has 0 aliphatic rings. The summed E-state index contributed by atoms with van der Waals surface area (Å²) in [5.74, 6) is -0.369. The van der Waals surface area contributed by atoms with Gasteiger partial charge in [0.2, 0.25) is 0 Å². The SMILES string of the molecule is CC(C)(C)Nc1ccc(F)c(CO)c1. The van der Waals surface area contributed by atoms with Gasteiger partial charge in [0, 0.05) is 16.8 Å². The molecule has 14 heavy (non-hydrogen) atoms. The molecule has 2 N–H and O–H groups in total. The van der Waals surface area contributed by atoms with Gasteiger partial charge >= 0.3 is 0 Å². The summed E-state index contributed by atoms with van der Waals surface area (Å²) in [7, 11) is 0. The molecule has 0 heterocycles. The third-order valence-electron chi connectivity index (χ3n) is 1.74. The van der Waals surface area contributed by atoms with Gasteiger partial charge in [-0.25, -0.2) is 4.39 Å². The molecule has 1 aromatic carbocycles. The molecule has 0 radical (unpaired) electrons. The van der Waals surface area contributed by atoms with E-state index in [1.54, 1.807) is 12.1 Å². The number of halogens is 1. The van der Waals surface area contributed by atoms with Crippen LogP contribution in [0, 0.1) is 5.82 Å². The second kappa shape index (κ2) is 3.96. The van der Waals surface area contributed by atoms with Crippen LogP contribution in [-0.4, -0.2) is 10.6 Å². The van der Waals surface area contributed by atoms with Crippen molar-refractivity contribution in [1.82, 2.24) is 0 Å². The predicted octanol–water partition coefficient (Wildman–Crippen LogP) is 2.53. The van der Waals surface area contributed by atoms with Gasteiger partial charge in [0.15, 0.2) is 0 Å². The van der Waals surface area contributed by atoms with Crippen molar-refractivity contribution >= 4 is 5.69 Å². The zero-order valence-corrected chi connectivity index (χ0v) is 8.76. The van der Waals surface area contributed by atoms with Crippen LogP contribution >= 0.6 is 0 Å². The third-order valence-corrected chi connectivity index (χ3v) is 1.74. The lowest BCUT2D eigenvalue weighted by Gasteiger charge is -2.22. The number of anilines is 1. The van der Waals surface area contributed by atoms with Crippen LogP contribution in [0.15, 0.2) is 18.2 Å². The van der Waals surface area contributed by atoms with E-state index in [9.17, 15) is 4.39 Å². The molecule has 2 nitrogen and oxygen atoms in total. The van der Waals surface area contributed by atoms with E-state index in [2.05, 4.69) is 5.32 Å². The molecule has 0 aromatic heterocycles. The second-order valence-electron chi connectivity index (χ2n) is 4.34. The molecule has 0 amide bonds. The topological polar surface area (TPSA) is 32.3 Å². The fourth-order valence-electron chi connectivity index (χ4n) is 1.21. The van der Waals surface area contributed by atoms with Crippen molar-refractivity contribution in [2.45, 2.75) is 32.9 Å². The summed E-state index contributed by atoms with van der Waals surface area (Å²) in [4.78, 5) is 0. The lowest BCUT2D eigenvalue weighted by Crippen LogP contribution is -2.26. The monoisotopic (exact) mass is 197 g/mol. The maximum Gasteiger partial charge on any atom is 0.128 e. The Morgan fingerprint density at radius 3 is 2.50 bits per heavy atom. The summed E-state index contributed by atoms with van der Waals surface area (Å²) >= 11 is 0. The van der Waals surface area contributed by atoms with Gasteiger partial charge in [-0.3, -0.25) is 0 Å². The largest absolute Gasteiger partial charge is 0.392 e. The zero-order valence-electron chi connectivity index (χ0n) is 8.76. The van der Waals surface area contributed by atoms with E-state index in [-0.39, 0.29) is 18.0 Å². The highest BCUT2D eigenvalue weighted by Gasteiger charge is 2.10. The molecule has 3 heteroatoms. The van der Waals surface area contributed by atoms with E-state index < -0.39 is 0 Å². The average molecular weight is 197 g/mol. The Bertz CT molecular complexity index is 318. The highest BCUT2D eigenvalue weighted by molar-refractivity contribution is 5.47. The van der Waals surface area contributed by atoms with E-state index in [0.29, 0.717) is 5.56 Å². The molecule has 0 saturated carbocycles. The van der Waals surface area contributed by atoms with E-state index in [4.69, 9.17) is 5.11 Å². The number of hydrogen-bond acceptors (Lipinski definition) is 2. The summed E-state index contributed by atoms with van der Waals surface area (Å²) in [6.07, 6.45) is 0. The Morgan fingerprint density at radius 1 is 1.36 bits per heavy atom. The first-order valence-corrected chi connectivity index (χ1v) is 4.60. The highest BCUT2D eigenvalue weighted by atomic mass is 19.1. The molecule has 1 aromatic rings. The summed E-state index contributed by atoms with van der Waals surface area (Å²) in [6, 6.07) is 4.65. The fraction of sp³-hybridized carbons (Fsp3) is 0.455. The molecule has 0 fully saturated rings. The normalized spacial score (nSPS) is 11.5. The van der Waals surface area contributed by atoms with Crippen molar-refractivity contribution in [3.63, 3.8) is 0 Å². The van der Waals surface area contributed by atoms with Crippen LogP contribution in [0.1, 0.15) is 26.3 Å². The van der Waals surface area contributed by atoms with Gasteiger partial charge in [-0.15, -0.1) is 0 Å². The van der Waals surface area contributed by atoms with Crippen molar-refractivity contribution in [3.8, 4) is 0 Å². The van der Waals surface area contributed by atoms with Crippen molar-refractivity contribution in [1.29, 1.82) is 0 Å². The lowest BCUT2D eigenvalue weighted by atomic mass is 10.1. The van der Waals surface area contributed by atoms with Gasteiger partial charge < -0.3 is 10.4 Å². The van der Waals surface area contributed by atoms with E-state index in [1.807, 2.05) is 20.8 Å². The van der Waals surface area contributed by atoms with Gasteiger partial charge in [0.25, 0.3) is 0 Å². The Labute approximate surface area is 83.8 Å². The van der Waals surface area contributed by atoms with Crippen LogP contribution in [0.25, 0.3) is 0 Å². The van der Waals surface area contributed by atoms with Crippen LogP contribution in [0.2, 0.25) is 0 Å². The average Bonchev–Trinajstić information content (AvgIpc) is 2.06. The first-order chi connectivity index (χ1) is 6.42. The first-order valence-electron chi connectivity index (χ1n) is 4.60. The summed E-state index contributed by atoms with van der Waals surface area (Å²) in [5, 5.41) is 12.1. The molecule has 0 bridgehead atoms. The van der Waals surface area contributed by atoms with Crippen molar-refractivity contribution in [2.24, 2.45) is 0 Å². The number of nitrogens with one attached hydrogen (secondary N) is 1. The lowest BCUT2D eigenvalue weighted by molar-refractivity contribution is 0.276. The smallest absolute Gasteiger partial charge is 0.128 e. The molecule has 0 spiro atoms. The van der Waals surface area contributed by atoms with Gasteiger partial charge in [0.1, 0.15) is 5.82 Å². The molecular formula is C11H16FNO. The van der Waals surface area contributed by atoms with Crippen LogP contribution < -0.4 is 5.32 Å². The van der Waals surface area contributed by atoms with Crippen LogP contribution in [0.5, 0.6) is 0 Å². The summed E-state index contributed by atoms with van der Waals surface area (Å²) < 4.78 is 13.0. The minimum absolute atomic E-state index is 0.0649.